The van der Waals surface area contributed by atoms with Crippen molar-refractivity contribution in [2.45, 2.75) is 26.2 Å². The maximum atomic E-state index is 12.1. The second-order valence-corrected chi connectivity index (χ2v) is 6.17. The lowest BCUT2D eigenvalue weighted by atomic mass is 10.3. The molecule has 98 valence electrons. The van der Waals surface area contributed by atoms with E-state index in [4.69, 9.17) is 0 Å². The summed E-state index contributed by atoms with van der Waals surface area (Å²) in [6.07, 6.45) is 2.36. The summed E-state index contributed by atoms with van der Waals surface area (Å²) in [5.41, 5.74) is 0.369. The number of aromatic amines is 1. The summed E-state index contributed by atoms with van der Waals surface area (Å²) in [7, 11) is -3.57. The number of nitrogens with one attached hydrogen (secondary N) is 1. The standard InChI is InChI=1S/C12H16N2O3S/c1-2-3-6-9-18(16,17)14-11-8-5-4-7-10(11)13-12(14)15/h4-5,7-8H,2-3,6,9H2,1H3,(H,13,15). The minimum Gasteiger partial charge on any atom is -0.305 e. The summed E-state index contributed by atoms with van der Waals surface area (Å²) in [5.74, 6) is 0.00257. The number of imidazole rings is 1. The van der Waals surface area contributed by atoms with Crippen LogP contribution < -0.4 is 5.69 Å². The highest BCUT2D eigenvalue weighted by atomic mass is 32.2. The molecule has 0 atom stereocenters. The van der Waals surface area contributed by atoms with Gasteiger partial charge in [-0.25, -0.2) is 13.2 Å². The minimum atomic E-state index is -3.57. The lowest BCUT2D eigenvalue weighted by molar-refractivity contribution is 0.582. The first-order valence-corrected chi connectivity index (χ1v) is 7.60. The van der Waals surface area contributed by atoms with Crippen LogP contribution in [0.25, 0.3) is 11.0 Å². The van der Waals surface area contributed by atoms with Gasteiger partial charge in [0.2, 0.25) is 10.0 Å². The molecule has 0 amide bonds. The van der Waals surface area contributed by atoms with Crippen LogP contribution in [-0.4, -0.2) is 23.1 Å². The van der Waals surface area contributed by atoms with Crippen LogP contribution in [-0.2, 0) is 10.0 Å². The van der Waals surface area contributed by atoms with Gasteiger partial charge in [-0.1, -0.05) is 31.9 Å². The molecule has 1 aromatic carbocycles. The van der Waals surface area contributed by atoms with Crippen LogP contribution >= 0.6 is 0 Å². The van der Waals surface area contributed by atoms with Gasteiger partial charge in [0.05, 0.1) is 16.8 Å². The van der Waals surface area contributed by atoms with Crippen molar-refractivity contribution in [3.8, 4) is 0 Å². The van der Waals surface area contributed by atoms with E-state index in [1.54, 1.807) is 24.3 Å². The number of para-hydroxylation sites is 2. The van der Waals surface area contributed by atoms with Gasteiger partial charge in [0.1, 0.15) is 0 Å². The molecule has 1 heterocycles. The van der Waals surface area contributed by atoms with Crippen LogP contribution in [0.3, 0.4) is 0 Å². The smallest absolute Gasteiger partial charge is 0.305 e. The summed E-state index contributed by atoms with van der Waals surface area (Å²) >= 11 is 0. The summed E-state index contributed by atoms with van der Waals surface area (Å²) in [6, 6.07) is 6.79. The molecule has 1 aromatic heterocycles. The third-order valence-corrected chi connectivity index (χ3v) is 4.56. The molecule has 0 aliphatic carbocycles. The van der Waals surface area contributed by atoms with E-state index in [-0.39, 0.29) is 5.75 Å². The molecule has 0 fully saturated rings. The van der Waals surface area contributed by atoms with Crippen molar-refractivity contribution in [1.29, 1.82) is 0 Å². The second-order valence-electron chi connectivity index (χ2n) is 4.23. The lowest BCUT2D eigenvalue weighted by Crippen LogP contribution is -2.27. The Balaban J connectivity index is 2.47. The van der Waals surface area contributed by atoms with Crippen LogP contribution in [0.4, 0.5) is 0 Å². The van der Waals surface area contributed by atoms with Gasteiger partial charge in [-0.2, -0.15) is 3.97 Å². The van der Waals surface area contributed by atoms with Crippen LogP contribution in [0.15, 0.2) is 29.1 Å². The topological polar surface area (TPSA) is 71.9 Å². The normalized spacial score (nSPS) is 12.1. The number of hydrogen-bond donors (Lipinski definition) is 1. The van der Waals surface area contributed by atoms with E-state index in [1.165, 1.54) is 0 Å². The maximum Gasteiger partial charge on any atom is 0.340 e. The van der Waals surface area contributed by atoms with Gasteiger partial charge >= 0.3 is 5.69 Å². The first-order valence-electron chi connectivity index (χ1n) is 5.99. The Kier molecular flexibility index (Phi) is 3.56. The monoisotopic (exact) mass is 268 g/mol. The Morgan fingerprint density at radius 2 is 1.94 bits per heavy atom. The lowest BCUT2D eigenvalue weighted by Gasteiger charge is -2.04. The van der Waals surface area contributed by atoms with Crippen molar-refractivity contribution >= 4 is 21.1 Å². The van der Waals surface area contributed by atoms with Gasteiger partial charge in [0, 0.05) is 0 Å². The fourth-order valence-corrected chi connectivity index (χ4v) is 3.44. The first-order chi connectivity index (χ1) is 8.56. The molecule has 0 saturated carbocycles. The van der Waals surface area contributed by atoms with Gasteiger partial charge in [-0.05, 0) is 18.6 Å². The van der Waals surface area contributed by atoms with Gasteiger partial charge in [0.25, 0.3) is 0 Å². The van der Waals surface area contributed by atoms with Crippen molar-refractivity contribution < 1.29 is 8.42 Å². The van der Waals surface area contributed by atoms with Crippen molar-refractivity contribution in [2.24, 2.45) is 0 Å². The predicted octanol–water partition coefficient (Wildman–Crippen LogP) is 1.70. The molecule has 6 heteroatoms. The Morgan fingerprint density at radius 1 is 1.22 bits per heavy atom. The predicted molar refractivity (Wildman–Crippen MR) is 71.3 cm³/mol. The van der Waals surface area contributed by atoms with Crippen molar-refractivity contribution in [1.82, 2.24) is 8.96 Å². The molecule has 0 spiro atoms. The van der Waals surface area contributed by atoms with E-state index in [0.29, 0.717) is 17.5 Å². The third kappa shape index (κ3) is 2.33. The largest absolute Gasteiger partial charge is 0.340 e. The van der Waals surface area contributed by atoms with E-state index < -0.39 is 15.7 Å². The molecule has 1 N–H and O–H groups in total. The van der Waals surface area contributed by atoms with Gasteiger partial charge in [-0.15, -0.1) is 0 Å². The van der Waals surface area contributed by atoms with Gasteiger partial charge < -0.3 is 4.98 Å². The number of hydrogen-bond acceptors (Lipinski definition) is 3. The van der Waals surface area contributed by atoms with E-state index in [9.17, 15) is 13.2 Å². The molecule has 0 aliphatic rings. The Hall–Kier alpha value is -1.56. The molecule has 0 unspecified atom stereocenters. The third-order valence-electron chi connectivity index (χ3n) is 2.83. The number of benzene rings is 1. The number of rotatable bonds is 5. The fraction of sp³-hybridized carbons (Fsp3) is 0.417. The zero-order valence-corrected chi connectivity index (χ0v) is 11.0. The van der Waals surface area contributed by atoms with Crippen molar-refractivity contribution in [3.05, 3.63) is 34.7 Å². The van der Waals surface area contributed by atoms with E-state index in [0.717, 1.165) is 16.8 Å². The highest BCUT2D eigenvalue weighted by molar-refractivity contribution is 7.90. The molecule has 0 bridgehead atoms. The number of nitrogens with zero attached hydrogens (tertiary/aromatic N) is 1. The van der Waals surface area contributed by atoms with Crippen molar-refractivity contribution in [2.75, 3.05) is 5.75 Å². The molecule has 18 heavy (non-hydrogen) atoms. The SMILES string of the molecule is CCCCCS(=O)(=O)n1c(=O)[nH]c2ccccc21. The Bertz CT molecular complexity index is 697. The van der Waals surface area contributed by atoms with E-state index in [1.807, 2.05) is 6.92 Å². The van der Waals surface area contributed by atoms with Gasteiger partial charge in [0.15, 0.2) is 0 Å². The van der Waals surface area contributed by atoms with Crippen molar-refractivity contribution in [3.63, 3.8) is 0 Å². The molecular formula is C12H16N2O3S. The molecule has 5 nitrogen and oxygen atoms in total. The second kappa shape index (κ2) is 4.97. The minimum absolute atomic E-state index is 0.00257. The zero-order chi connectivity index (χ0) is 13.2. The summed E-state index contributed by atoms with van der Waals surface area (Å²) in [5, 5.41) is 0. The first kappa shape index (κ1) is 12.9. The average Bonchev–Trinajstić information content (AvgIpc) is 2.65. The molecule has 2 aromatic rings. The number of H-pyrrole nitrogens is 1. The zero-order valence-electron chi connectivity index (χ0n) is 10.2. The number of unbranched alkanes of at least 4 members (excludes halogenated alkanes) is 2. The summed E-state index contributed by atoms with van der Waals surface area (Å²) in [4.78, 5) is 14.3. The fourth-order valence-electron chi connectivity index (χ4n) is 1.93. The van der Waals surface area contributed by atoms with Crippen LogP contribution in [0.1, 0.15) is 26.2 Å². The van der Waals surface area contributed by atoms with E-state index in [2.05, 4.69) is 4.98 Å². The number of aromatic nitrogens is 2. The quantitative estimate of drug-likeness (QED) is 0.839. The summed E-state index contributed by atoms with van der Waals surface area (Å²) in [6.45, 7) is 2.00. The van der Waals surface area contributed by atoms with Crippen LogP contribution in [0.2, 0.25) is 0 Å². The van der Waals surface area contributed by atoms with Gasteiger partial charge in [-0.3, -0.25) is 0 Å². The molecular weight excluding hydrogens is 252 g/mol. The average molecular weight is 268 g/mol. The number of fused-ring (bicyclic) bond motifs is 1. The van der Waals surface area contributed by atoms with E-state index >= 15 is 0 Å². The molecule has 0 saturated heterocycles. The maximum absolute atomic E-state index is 12.1. The summed E-state index contributed by atoms with van der Waals surface area (Å²) < 4.78 is 25.2. The molecule has 2 rings (SSSR count). The van der Waals surface area contributed by atoms with Crippen LogP contribution in [0, 0.1) is 0 Å². The highest BCUT2D eigenvalue weighted by Gasteiger charge is 2.19. The van der Waals surface area contributed by atoms with Crippen LogP contribution in [0.5, 0.6) is 0 Å². The Morgan fingerprint density at radius 3 is 2.67 bits per heavy atom. The molecule has 0 aliphatic heterocycles. The molecule has 0 radical (unpaired) electrons. The Labute approximate surface area is 105 Å². The highest BCUT2D eigenvalue weighted by Crippen LogP contribution is 2.12.